The molecule has 14 heavy (non-hydrogen) atoms. The minimum atomic E-state index is -0.748. The van der Waals surface area contributed by atoms with E-state index in [2.05, 4.69) is 5.32 Å². The summed E-state index contributed by atoms with van der Waals surface area (Å²) in [5.74, 6) is 0. The van der Waals surface area contributed by atoms with Crippen molar-refractivity contribution in [3.63, 3.8) is 0 Å². The van der Waals surface area contributed by atoms with Gasteiger partial charge in [-0.1, -0.05) is 43.6 Å². The van der Waals surface area contributed by atoms with Gasteiger partial charge in [-0.15, -0.1) is 0 Å². The molecule has 0 amide bonds. The second-order valence-electron chi connectivity index (χ2n) is 3.42. The van der Waals surface area contributed by atoms with Gasteiger partial charge < -0.3 is 10.4 Å². The molecule has 2 nitrogen and oxygen atoms in total. The number of halogens is 1. The average Bonchev–Trinajstić information content (AvgIpc) is 2.14. The van der Waals surface area contributed by atoms with Crippen LogP contribution in [0.3, 0.4) is 0 Å². The molecule has 3 heteroatoms. The number of hydrogen-bond donors (Lipinski definition) is 2. The van der Waals surface area contributed by atoms with Crippen molar-refractivity contribution in [1.82, 2.24) is 5.32 Å². The molecule has 0 aromatic heterocycles. The normalized spacial score (nSPS) is 15.0. The van der Waals surface area contributed by atoms with Crippen LogP contribution in [0.4, 0.5) is 0 Å². The number of benzene rings is 1. The van der Waals surface area contributed by atoms with Crippen molar-refractivity contribution < 1.29 is 6.48 Å². The van der Waals surface area contributed by atoms with Crippen LogP contribution in [0.2, 0.25) is 5.02 Å². The van der Waals surface area contributed by atoms with Gasteiger partial charge in [-0.25, -0.2) is 0 Å². The largest absolute Gasteiger partial charge is 0.387 e. The fourth-order valence-electron chi connectivity index (χ4n) is 1.16. The Balaban J connectivity index is 2.62. The lowest BCUT2D eigenvalue weighted by atomic mass is 10.1. The highest BCUT2D eigenvalue weighted by Gasteiger charge is 2.10. The Bertz CT molecular complexity index is 325. The van der Waals surface area contributed by atoms with E-state index in [0.717, 1.165) is 0 Å². The Morgan fingerprint density at radius 1 is 1.50 bits per heavy atom. The molecule has 1 aromatic carbocycles. The number of aliphatic hydroxyl groups excluding tert-OH is 1. The predicted octanol–water partition coefficient (Wildman–Crippen LogP) is 2.37. The Labute approximate surface area is 91.3 Å². The monoisotopic (exact) mass is 214 g/mol. The lowest BCUT2D eigenvalue weighted by molar-refractivity contribution is 0.171. The van der Waals surface area contributed by atoms with E-state index in [1.165, 1.54) is 0 Å². The highest BCUT2D eigenvalue weighted by molar-refractivity contribution is 6.31. The van der Waals surface area contributed by atoms with Gasteiger partial charge in [0.2, 0.25) is 0 Å². The maximum Gasteiger partial charge on any atom is 0.0928 e. The van der Waals surface area contributed by atoms with Crippen LogP contribution in [-0.4, -0.2) is 17.7 Å². The van der Waals surface area contributed by atoms with Crippen molar-refractivity contribution in [1.29, 1.82) is 0 Å². The fourth-order valence-corrected chi connectivity index (χ4v) is 1.42. The van der Waals surface area contributed by atoms with E-state index in [1.807, 2.05) is 12.1 Å². The van der Waals surface area contributed by atoms with E-state index in [-0.39, 0.29) is 0 Å². The van der Waals surface area contributed by atoms with Gasteiger partial charge in [0.25, 0.3) is 0 Å². The van der Waals surface area contributed by atoms with Gasteiger partial charge in [-0.3, -0.25) is 0 Å². The molecule has 0 fully saturated rings. The first-order valence-electron chi connectivity index (χ1n) is 5.08. The molecule has 0 saturated heterocycles. The summed E-state index contributed by atoms with van der Waals surface area (Å²) in [4.78, 5) is 0. The molecule has 0 aliphatic carbocycles. The van der Waals surface area contributed by atoms with Gasteiger partial charge in [0, 0.05) is 24.5 Å². The van der Waals surface area contributed by atoms with Gasteiger partial charge in [0.05, 0.1) is 6.10 Å². The first kappa shape index (κ1) is 9.97. The standard InChI is InChI=1S/C11H16ClNO/c1-8(2)13-7-11(14)9-5-3-4-6-10(9)12/h3-6,8,11,13-14H,7H2,1-2H3/i8D. The number of nitrogens with one attached hydrogen (secondary N) is 1. The highest BCUT2D eigenvalue weighted by atomic mass is 35.5. The minimum absolute atomic E-state index is 0.320. The van der Waals surface area contributed by atoms with Crippen molar-refractivity contribution in [2.45, 2.75) is 26.0 Å². The van der Waals surface area contributed by atoms with Crippen molar-refractivity contribution in [3.05, 3.63) is 34.9 Å². The van der Waals surface area contributed by atoms with Crippen LogP contribution in [0.15, 0.2) is 24.3 Å². The van der Waals surface area contributed by atoms with Gasteiger partial charge >= 0.3 is 0 Å². The summed E-state index contributed by atoms with van der Waals surface area (Å²) in [5, 5.41) is 13.3. The molecule has 1 unspecified atom stereocenters. The van der Waals surface area contributed by atoms with Crippen LogP contribution in [0.1, 0.15) is 26.9 Å². The maximum absolute atomic E-state index is 9.83. The SMILES string of the molecule is [2H]C(C)(C)NCC(O)c1ccccc1Cl. The summed E-state index contributed by atoms with van der Waals surface area (Å²) < 4.78 is 7.59. The van der Waals surface area contributed by atoms with Crippen molar-refractivity contribution in [2.75, 3.05) is 6.54 Å². The summed E-state index contributed by atoms with van der Waals surface area (Å²) in [6, 6.07) is 6.43. The van der Waals surface area contributed by atoms with Crippen LogP contribution in [0, 0.1) is 0 Å². The zero-order chi connectivity index (χ0) is 11.5. The number of rotatable bonds is 4. The zero-order valence-electron chi connectivity index (χ0n) is 9.42. The van der Waals surface area contributed by atoms with Crippen LogP contribution in [-0.2, 0) is 0 Å². The van der Waals surface area contributed by atoms with Crippen molar-refractivity contribution >= 4 is 11.6 Å². The Morgan fingerprint density at radius 3 is 2.71 bits per heavy atom. The van der Waals surface area contributed by atoms with E-state index >= 15 is 0 Å². The number of aliphatic hydroxyl groups is 1. The third kappa shape index (κ3) is 3.29. The Kier molecular flexibility index (Phi) is 3.80. The molecule has 0 aliphatic rings. The lowest BCUT2D eigenvalue weighted by Gasteiger charge is -2.15. The molecular formula is C11H16ClNO. The lowest BCUT2D eigenvalue weighted by Crippen LogP contribution is -2.27. The van der Waals surface area contributed by atoms with E-state index in [0.29, 0.717) is 17.1 Å². The Hall–Kier alpha value is -0.570. The van der Waals surface area contributed by atoms with Crippen LogP contribution < -0.4 is 5.32 Å². The van der Waals surface area contributed by atoms with Gasteiger partial charge in [-0.2, -0.15) is 0 Å². The molecule has 0 radical (unpaired) electrons. The third-order valence-corrected chi connectivity index (χ3v) is 2.26. The molecule has 2 N–H and O–H groups in total. The smallest absolute Gasteiger partial charge is 0.0928 e. The molecule has 0 heterocycles. The van der Waals surface area contributed by atoms with Crippen molar-refractivity contribution in [2.24, 2.45) is 0 Å². The zero-order valence-corrected chi connectivity index (χ0v) is 9.17. The summed E-state index contributed by atoms with van der Waals surface area (Å²) in [7, 11) is 0. The van der Waals surface area contributed by atoms with Crippen molar-refractivity contribution in [3.8, 4) is 0 Å². The van der Waals surface area contributed by atoms with Gasteiger partial charge in [-0.05, 0) is 6.07 Å². The molecule has 0 bridgehead atoms. The highest BCUT2D eigenvalue weighted by Crippen LogP contribution is 2.21. The predicted molar refractivity (Wildman–Crippen MR) is 59.6 cm³/mol. The molecule has 0 spiro atoms. The molecular weight excluding hydrogens is 198 g/mol. The first-order chi connectivity index (χ1) is 6.90. The quantitative estimate of drug-likeness (QED) is 0.807. The van der Waals surface area contributed by atoms with E-state index in [4.69, 9.17) is 13.0 Å². The molecule has 78 valence electrons. The van der Waals surface area contributed by atoms with Crippen LogP contribution in [0.25, 0.3) is 0 Å². The summed E-state index contributed by atoms with van der Waals surface area (Å²) in [6.07, 6.45) is -0.677. The topological polar surface area (TPSA) is 32.3 Å². The fraction of sp³-hybridized carbons (Fsp3) is 0.455. The average molecular weight is 215 g/mol. The van der Waals surface area contributed by atoms with Crippen LogP contribution in [0.5, 0.6) is 0 Å². The first-order valence-corrected chi connectivity index (χ1v) is 4.95. The third-order valence-electron chi connectivity index (χ3n) is 1.91. The van der Waals surface area contributed by atoms with Gasteiger partial charge in [0.15, 0.2) is 0 Å². The summed E-state index contributed by atoms with van der Waals surface area (Å²) >= 11 is 5.93. The molecule has 0 saturated carbocycles. The molecule has 0 aliphatic heterocycles. The molecule has 1 atom stereocenters. The molecule has 1 rings (SSSR count). The second kappa shape index (κ2) is 5.35. The second-order valence-corrected chi connectivity index (χ2v) is 3.83. The summed E-state index contributed by atoms with van der Waals surface area (Å²) in [6.45, 7) is 3.78. The Morgan fingerprint density at radius 2 is 2.14 bits per heavy atom. The minimum Gasteiger partial charge on any atom is -0.387 e. The maximum atomic E-state index is 9.83. The van der Waals surface area contributed by atoms with E-state index in [9.17, 15) is 5.11 Å². The summed E-state index contributed by atoms with van der Waals surface area (Å²) in [5.41, 5.74) is 0.691. The van der Waals surface area contributed by atoms with E-state index < -0.39 is 12.1 Å². The van der Waals surface area contributed by atoms with E-state index in [1.54, 1.807) is 26.0 Å². The molecule has 1 aromatic rings. The number of hydrogen-bond acceptors (Lipinski definition) is 2. The van der Waals surface area contributed by atoms with Gasteiger partial charge in [0.1, 0.15) is 0 Å². The van der Waals surface area contributed by atoms with Crippen LogP contribution >= 0.6 is 11.6 Å².